The summed E-state index contributed by atoms with van der Waals surface area (Å²) < 4.78 is 5.25. The summed E-state index contributed by atoms with van der Waals surface area (Å²) in [6, 6.07) is 0. The minimum absolute atomic E-state index is 0.325. The monoisotopic (exact) mass is 263 g/mol. The average molecular weight is 263 g/mol. The lowest BCUT2D eigenvalue weighted by Crippen LogP contribution is -2.23. The molecular weight excluding hydrogens is 250 g/mol. The molecular formula is C12H13N3O2S. The molecule has 5 nitrogen and oxygen atoms in total. The predicted octanol–water partition coefficient (Wildman–Crippen LogP) is 2.56. The maximum Gasteiger partial charge on any atom is 0.367 e. The number of esters is 1. The Bertz CT molecular complexity index is 546. The number of hydrogen-bond donors (Lipinski definition) is 0. The van der Waals surface area contributed by atoms with E-state index in [0.29, 0.717) is 16.4 Å². The van der Waals surface area contributed by atoms with E-state index in [1.54, 1.807) is 24.0 Å². The number of nitrogens with zero attached hydrogens (tertiary/aromatic N) is 3. The van der Waals surface area contributed by atoms with Crippen molar-refractivity contribution in [1.29, 1.82) is 0 Å². The first-order valence-electron chi connectivity index (χ1n) is 5.41. The fraction of sp³-hybridized carbons (Fsp3) is 0.333. The lowest BCUT2D eigenvalue weighted by Gasteiger charge is -2.18. The Morgan fingerprint density at radius 3 is 2.67 bits per heavy atom. The number of ether oxygens (including phenoxy) is 1. The van der Waals surface area contributed by atoms with Crippen LogP contribution in [0.25, 0.3) is 11.4 Å². The molecule has 2 aromatic rings. The Morgan fingerprint density at radius 1 is 1.28 bits per heavy atom. The minimum atomic E-state index is -0.518. The first-order valence-corrected chi connectivity index (χ1v) is 6.29. The second-order valence-corrected chi connectivity index (χ2v) is 5.49. The number of aromatic nitrogens is 3. The smallest absolute Gasteiger partial charge is 0.367 e. The molecule has 94 valence electrons. The van der Waals surface area contributed by atoms with Gasteiger partial charge in [-0.1, -0.05) is 0 Å². The van der Waals surface area contributed by atoms with Gasteiger partial charge in [0.25, 0.3) is 0 Å². The van der Waals surface area contributed by atoms with E-state index in [4.69, 9.17) is 4.74 Å². The van der Waals surface area contributed by atoms with E-state index in [1.165, 1.54) is 11.3 Å². The van der Waals surface area contributed by atoms with Crippen LogP contribution in [-0.2, 0) is 4.74 Å². The topological polar surface area (TPSA) is 65.0 Å². The zero-order chi connectivity index (χ0) is 13.2. The fourth-order valence-electron chi connectivity index (χ4n) is 1.24. The van der Waals surface area contributed by atoms with E-state index in [-0.39, 0.29) is 0 Å². The van der Waals surface area contributed by atoms with Crippen molar-refractivity contribution in [2.24, 2.45) is 0 Å². The summed E-state index contributed by atoms with van der Waals surface area (Å²) in [5.74, 6) is -0.414. The van der Waals surface area contributed by atoms with Gasteiger partial charge in [-0.15, -0.1) is 11.3 Å². The largest absolute Gasteiger partial charge is 0.455 e. The van der Waals surface area contributed by atoms with Gasteiger partial charge in [0.15, 0.2) is 0 Å². The normalized spacial score (nSPS) is 11.3. The van der Waals surface area contributed by atoms with Crippen LogP contribution in [0, 0.1) is 0 Å². The summed E-state index contributed by atoms with van der Waals surface area (Å²) in [5.41, 5.74) is 0.757. The third-order valence-electron chi connectivity index (χ3n) is 1.90. The lowest BCUT2D eigenvalue weighted by atomic mass is 10.2. The Balaban J connectivity index is 2.19. The second-order valence-electron chi connectivity index (χ2n) is 4.63. The van der Waals surface area contributed by atoms with Crippen LogP contribution in [0.1, 0.15) is 30.6 Å². The van der Waals surface area contributed by atoms with Gasteiger partial charge in [-0.25, -0.2) is 9.78 Å². The molecule has 0 atom stereocenters. The van der Waals surface area contributed by atoms with Crippen LogP contribution in [0.4, 0.5) is 0 Å². The standard InChI is InChI=1S/C12H13N3O2S/c1-12(2,3)17-11(16)10-15-9(7-18-10)8-6-13-4-5-14-8/h4-7H,1-3H3. The molecule has 0 unspecified atom stereocenters. The summed E-state index contributed by atoms with van der Waals surface area (Å²) in [4.78, 5) is 24.1. The van der Waals surface area contributed by atoms with Crippen molar-refractivity contribution < 1.29 is 9.53 Å². The molecule has 0 saturated carbocycles. The maximum atomic E-state index is 11.8. The predicted molar refractivity (Wildman–Crippen MR) is 68.3 cm³/mol. The highest BCUT2D eigenvalue weighted by Crippen LogP contribution is 2.21. The summed E-state index contributed by atoms with van der Waals surface area (Å²) in [5, 5.41) is 2.09. The molecule has 0 radical (unpaired) electrons. The van der Waals surface area contributed by atoms with Gasteiger partial charge in [0.05, 0.1) is 6.20 Å². The van der Waals surface area contributed by atoms with E-state index in [0.717, 1.165) is 0 Å². The van der Waals surface area contributed by atoms with Crippen molar-refractivity contribution in [3.63, 3.8) is 0 Å². The van der Waals surface area contributed by atoms with Gasteiger partial charge in [0.2, 0.25) is 5.01 Å². The molecule has 0 bridgehead atoms. The first-order chi connectivity index (χ1) is 8.46. The van der Waals surface area contributed by atoms with Crippen molar-refractivity contribution in [2.75, 3.05) is 0 Å². The zero-order valence-corrected chi connectivity index (χ0v) is 11.2. The van der Waals surface area contributed by atoms with Crippen LogP contribution in [0.5, 0.6) is 0 Å². The average Bonchev–Trinajstić information content (AvgIpc) is 2.77. The molecule has 0 aromatic carbocycles. The fourth-order valence-corrected chi connectivity index (χ4v) is 1.92. The summed E-state index contributed by atoms with van der Waals surface area (Å²) in [6.45, 7) is 5.46. The summed E-state index contributed by atoms with van der Waals surface area (Å²) in [6.07, 6.45) is 4.78. The molecule has 0 aliphatic heterocycles. The number of hydrogen-bond acceptors (Lipinski definition) is 6. The molecule has 0 aliphatic rings. The molecule has 0 saturated heterocycles. The van der Waals surface area contributed by atoms with E-state index in [1.807, 2.05) is 20.8 Å². The highest BCUT2D eigenvalue weighted by atomic mass is 32.1. The summed E-state index contributed by atoms with van der Waals surface area (Å²) >= 11 is 1.24. The maximum absolute atomic E-state index is 11.8. The van der Waals surface area contributed by atoms with Crippen molar-refractivity contribution in [1.82, 2.24) is 15.0 Å². The lowest BCUT2D eigenvalue weighted by molar-refractivity contribution is 0.00693. The van der Waals surface area contributed by atoms with Gasteiger partial charge in [0, 0.05) is 17.8 Å². The molecule has 0 spiro atoms. The van der Waals surface area contributed by atoms with Crippen LogP contribution in [0.15, 0.2) is 24.0 Å². The van der Waals surface area contributed by atoms with Crippen LogP contribution in [0.3, 0.4) is 0 Å². The number of carbonyl (C=O) groups is 1. The van der Waals surface area contributed by atoms with Crippen molar-refractivity contribution >= 4 is 17.3 Å². The molecule has 2 aromatic heterocycles. The van der Waals surface area contributed by atoms with Gasteiger partial charge in [-0.3, -0.25) is 9.97 Å². The SMILES string of the molecule is CC(C)(C)OC(=O)c1nc(-c2cnccn2)cs1. The number of rotatable bonds is 2. The molecule has 18 heavy (non-hydrogen) atoms. The zero-order valence-electron chi connectivity index (χ0n) is 10.4. The summed E-state index contributed by atoms with van der Waals surface area (Å²) in [7, 11) is 0. The molecule has 0 fully saturated rings. The van der Waals surface area contributed by atoms with Crippen LogP contribution in [-0.4, -0.2) is 26.5 Å². The van der Waals surface area contributed by atoms with E-state index < -0.39 is 11.6 Å². The van der Waals surface area contributed by atoms with Crippen molar-refractivity contribution in [3.8, 4) is 11.4 Å². The third-order valence-corrected chi connectivity index (χ3v) is 2.73. The number of thiazole rings is 1. The highest BCUT2D eigenvalue weighted by molar-refractivity contribution is 7.11. The Morgan fingerprint density at radius 2 is 2.06 bits per heavy atom. The van der Waals surface area contributed by atoms with Gasteiger partial charge in [-0.2, -0.15) is 0 Å². The second kappa shape index (κ2) is 4.81. The molecule has 0 amide bonds. The van der Waals surface area contributed by atoms with Crippen molar-refractivity contribution in [3.05, 3.63) is 29.0 Å². The van der Waals surface area contributed by atoms with E-state index in [9.17, 15) is 4.79 Å². The van der Waals surface area contributed by atoms with Gasteiger partial charge >= 0.3 is 5.97 Å². The van der Waals surface area contributed by atoms with E-state index in [2.05, 4.69) is 15.0 Å². The van der Waals surface area contributed by atoms with Crippen molar-refractivity contribution in [2.45, 2.75) is 26.4 Å². The van der Waals surface area contributed by atoms with Crippen LogP contribution in [0.2, 0.25) is 0 Å². The van der Waals surface area contributed by atoms with Gasteiger partial charge in [0.1, 0.15) is 17.0 Å². The third kappa shape index (κ3) is 3.10. The quantitative estimate of drug-likeness (QED) is 0.779. The molecule has 2 rings (SSSR count). The van der Waals surface area contributed by atoms with Crippen LogP contribution < -0.4 is 0 Å². The Hall–Kier alpha value is -1.82. The molecule has 6 heteroatoms. The Labute approximate surface area is 109 Å². The Kier molecular flexibility index (Phi) is 3.38. The van der Waals surface area contributed by atoms with E-state index >= 15 is 0 Å². The van der Waals surface area contributed by atoms with Gasteiger partial charge < -0.3 is 4.74 Å². The van der Waals surface area contributed by atoms with Crippen LogP contribution >= 0.6 is 11.3 Å². The number of carbonyl (C=O) groups excluding carboxylic acids is 1. The van der Waals surface area contributed by atoms with Gasteiger partial charge in [-0.05, 0) is 20.8 Å². The first kappa shape index (κ1) is 12.6. The molecule has 0 N–H and O–H groups in total. The highest BCUT2D eigenvalue weighted by Gasteiger charge is 2.20. The minimum Gasteiger partial charge on any atom is -0.455 e. The molecule has 2 heterocycles. The molecule has 0 aliphatic carbocycles.